The zero-order valence-corrected chi connectivity index (χ0v) is 15.1. The van der Waals surface area contributed by atoms with Crippen LogP contribution in [0, 0.1) is 6.92 Å². The fraction of sp³-hybridized carbons (Fsp3) is 0.368. The molecule has 3 N–H and O–H groups in total. The summed E-state index contributed by atoms with van der Waals surface area (Å²) in [6.07, 6.45) is 3.87. The first-order valence-corrected chi connectivity index (χ1v) is 8.51. The van der Waals surface area contributed by atoms with Gasteiger partial charge in [-0.25, -0.2) is 0 Å². The zero-order chi connectivity index (χ0) is 18.4. The van der Waals surface area contributed by atoms with Crippen LogP contribution in [0.5, 0.6) is 0 Å². The minimum Gasteiger partial charge on any atom is -0.366 e. The molecule has 0 aliphatic rings. The molecule has 2 amide bonds. The third-order valence-electron chi connectivity index (χ3n) is 4.29. The lowest BCUT2D eigenvalue weighted by atomic mass is 10.0. The van der Waals surface area contributed by atoms with Gasteiger partial charge in [-0.05, 0) is 43.3 Å². The van der Waals surface area contributed by atoms with Crippen molar-refractivity contribution in [3.63, 3.8) is 0 Å². The Morgan fingerprint density at radius 3 is 2.36 bits per heavy atom. The van der Waals surface area contributed by atoms with Crippen LogP contribution in [0.15, 0.2) is 36.7 Å². The van der Waals surface area contributed by atoms with E-state index < -0.39 is 5.91 Å². The van der Waals surface area contributed by atoms with Crippen LogP contribution in [0.25, 0.3) is 0 Å². The van der Waals surface area contributed by atoms with E-state index in [-0.39, 0.29) is 12.5 Å². The second kappa shape index (κ2) is 8.48. The number of nitrogens with one attached hydrogen (secondary N) is 1. The number of aryl methyl sites for hydroxylation is 1. The molecule has 0 aliphatic heterocycles. The van der Waals surface area contributed by atoms with Gasteiger partial charge >= 0.3 is 0 Å². The standard InChI is InChI=1S/C19H26N4O2/c1-4-22(5-2)13-16(24)21-18-15(12-23-10-6-7-11-23)9-8-14(3)17(18)19(20)25/h6-11H,4-5,12-13H2,1-3H3,(H2,20,25)(H,21,24). The van der Waals surface area contributed by atoms with E-state index in [1.165, 1.54) is 0 Å². The number of carbonyl (C=O) groups excluding carboxylic acids is 2. The molecular formula is C19H26N4O2. The van der Waals surface area contributed by atoms with E-state index in [4.69, 9.17) is 5.73 Å². The largest absolute Gasteiger partial charge is 0.366 e. The highest BCUT2D eigenvalue weighted by atomic mass is 16.2. The first-order chi connectivity index (χ1) is 12.0. The van der Waals surface area contributed by atoms with Gasteiger partial charge in [-0.2, -0.15) is 0 Å². The van der Waals surface area contributed by atoms with Gasteiger partial charge in [0.1, 0.15) is 0 Å². The summed E-state index contributed by atoms with van der Waals surface area (Å²) in [5, 5.41) is 2.92. The number of hydrogen-bond acceptors (Lipinski definition) is 3. The van der Waals surface area contributed by atoms with Crippen molar-refractivity contribution in [2.45, 2.75) is 27.3 Å². The average molecular weight is 342 g/mol. The smallest absolute Gasteiger partial charge is 0.251 e. The molecule has 0 aliphatic carbocycles. The van der Waals surface area contributed by atoms with Gasteiger partial charge in [0.05, 0.1) is 17.8 Å². The molecule has 6 heteroatoms. The van der Waals surface area contributed by atoms with E-state index in [2.05, 4.69) is 5.32 Å². The van der Waals surface area contributed by atoms with Gasteiger partial charge in [-0.3, -0.25) is 14.5 Å². The van der Waals surface area contributed by atoms with Gasteiger partial charge in [-0.15, -0.1) is 0 Å². The molecule has 0 radical (unpaired) electrons. The van der Waals surface area contributed by atoms with Crippen LogP contribution in [0.3, 0.4) is 0 Å². The molecule has 134 valence electrons. The molecule has 0 atom stereocenters. The summed E-state index contributed by atoms with van der Waals surface area (Å²) < 4.78 is 1.98. The maximum atomic E-state index is 12.5. The molecule has 2 aromatic rings. The van der Waals surface area contributed by atoms with E-state index in [1.54, 1.807) is 0 Å². The van der Waals surface area contributed by atoms with E-state index in [9.17, 15) is 9.59 Å². The van der Waals surface area contributed by atoms with Crippen molar-refractivity contribution in [1.29, 1.82) is 0 Å². The van der Waals surface area contributed by atoms with Gasteiger partial charge in [0.2, 0.25) is 5.91 Å². The van der Waals surface area contributed by atoms with Crippen LogP contribution >= 0.6 is 0 Å². The Morgan fingerprint density at radius 2 is 1.80 bits per heavy atom. The lowest BCUT2D eigenvalue weighted by molar-refractivity contribution is -0.117. The molecule has 0 spiro atoms. The molecule has 1 aromatic heterocycles. The number of anilines is 1. The van der Waals surface area contributed by atoms with Crippen LogP contribution in [0.1, 0.15) is 35.3 Å². The number of rotatable bonds is 8. The fourth-order valence-electron chi connectivity index (χ4n) is 2.84. The highest BCUT2D eigenvalue weighted by Crippen LogP contribution is 2.25. The van der Waals surface area contributed by atoms with Crippen molar-refractivity contribution in [1.82, 2.24) is 9.47 Å². The van der Waals surface area contributed by atoms with Crippen molar-refractivity contribution >= 4 is 17.5 Å². The van der Waals surface area contributed by atoms with Crippen LogP contribution < -0.4 is 11.1 Å². The van der Waals surface area contributed by atoms with E-state index in [1.807, 2.05) is 66.9 Å². The van der Waals surface area contributed by atoms with Crippen LogP contribution in [-0.4, -0.2) is 40.9 Å². The average Bonchev–Trinajstić information content (AvgIpc) is 3.08. The number of likely N-dealkylation sites (N-methyl/N-ethyl adjacent to an activating group) is 1. The zero-order valence-electron chi connectivity index (χ0n) is 15.1. The first-order valence-electron chi connectivity index (χ1n) is 8.51. The SMILES string of the molecule is CCN(CC)CC(=O)Nc1c(Cn2cccc2)ccc(C)c1C(N)=O. The number of hydrogen-bond donors (Lipinski definition) is 2. The van der Waals surface area contributed by atoms with Crippen molar-refractivity contribution in [3.8, 4) is 0 Å². The van der Waals surface area contributed by atoms with Crippen LogP contribution in [0.4, 0.5) is 5.69 Å². The third kappa shape index (κ3) is 4.70. The number of nitrogens with two attached hydrogens (primary N) is 1. The number of primary amides is 1. The summed E-state index contributed by atoms with van der Waals surface area (Å²) in [6.45, 7) is 8.24. The number of benzene rings is 1. The lowest BCUT2D eigenvalue weighted by Gasteiger charge is -2.20. The summed E-state index contributed by atoms with van der Waals surface area (Å²) in [7, 11) is 0. The van der Waals surface area contributed by atoms with Gasteiger partial charge in [0.15, 0.2) is 0 Å². The number of aromatic nitrogens is 1. The third-order valence-corrected chi connectivity index (χ3v) is 4.29. The summed E-state index contributed by atoms with van der Waals surface area (Å²) >= 11 is 0. The van der Waals surface area contributed by atoms with Gasteiger partial charge in [0, 0.05) is 18.9 Å². The molecule has 25 heavy (non-hydrogen) atoms. The highest BCUT2D eigenvalue weighted by molar-refractivity contribution is 6.05. The first kappa shape index (κ1) is 18.7. The molecule has 1 aromatic carbocycles. The van der Waals surface area contributed by atoms with Gasteiger partial charge in [0.25, 0.3) is 5.91 Å². The van der Waals surface area contributed by atoms with Crippen molar-refractivity contribution in [2.75, 3.05) is 25.0 Å². The molecule has 0 fully saturated rings. The molecule has 6 nitrogen and oxygen atoms in total. The van der Waals surface area contributed by atoms with Crippen molar-refractivity contribution in [3.05, 3.63) is 53.3 Å². The molecule has 2 rings (SSSR count). The maximum absolute atomic E-state index is 12.5. The number of carbonyl (C=O) groups is 2. The van der Waals surface area contributed by atoms with Crippen molar-refractivity contribution in [2.24, 2.45) is 5.73 Å². The Labute approximate surface area is 148 Å². The Balaban J connectivity index is 2.36. The monoisotopic (exact) mass is 342 g/mol. The van der Waals surface area contributed by atoms with Crippen LogP contribution in [0.2, 0.25) is 0 Å². The van der Waals surface area contributed by atoms with Crippen LogP contribution in [-0.2, 0) is 11.3 Å². The highest BCUT2D eigenvalue weighted by Gasteiger charge is 2.19. The molecule has 0 unspecified atom stereocenters. The lowest BCUT2D eigenvalue weighted by Crippen LogP contribution is -2.33. The number of nitrogens with zero attached hydrogens (tertiary/aromatic N) is 2. The summed E-state index contributed by atoms with van der Waals surface area (Å²) in [4.78, 5) is 26.5. The van der Waals surface area contributed by atoms with E-state index in [0.29, 0.717) is 17.8 Å². The molecule has 0 saturated carbocycles. The maximum Gasteiger partial charge on any atom is 0.251 e. The topological polar surface area (TPSA) is 80.4 Å². The second-order valence-corrected chi connectivity index (χ2v) is 6.02. The Kier molecular flexibility index (Phi) is 6.36. The van der Waals surface area contributed by atoms with E-state index >= 15 is 0 Å². The normalized spacial score (nSPS) is 10.9. The second-order valence-electron chi connectivity index (χ2n) is 6.02. The summed E-state index contributed by atoms with van der Waals surface area (Å²) in [5.74, 6) is -0.685. The molecule has 1 heterocycles. The van der Waals surface area contributed by atoms with Gasteiger partial charge < -0.3 is 15.6 Å². The molecular weight excluding hydrogens is 316 g/mol. The molecule has 0 saturated heterocycles. The molecule has 0 bridgehead atoms. The summed E-state index contributed by atoms with van der Waals surface area (Å²) in [6, 6.07) is 7.65. The minimum absolute atomic E-state index is 0.148. The predicted molar refractivity (Wildman–Crippen MR) is 99.6 cm³/mol. The van der Waals surface area contributed by atoms with Crippen molar-refractivity contribution < 1.29 is 9.59 Å². The summed E-state index contributed by atoms with van der Waals surface area (Å²) in [5.41, 5.74) is 8.07. The number of amides is 2. The minimum atomic E-state index is -0.537. The fourth-order valence-corrected chi connectivity index (χ4v) is 2.84. The quantitative estimate of drug-likeness (QED) is 0.772. The Morgan fingerprint density at radius 1 is 1.16 bits per heavy atom. The Bertz CT molecular complexity index is 734. The Hall–Kier alpha value is -2.60. The van der Waals surface area contributed by atoms with Gasteiger partial charge in [-0.1, -0.05) is 26.0 Å². The van der Waals surface area contributed by atoms with E-state index in [0.717, 1.165) is 24.2 Å². The predicted octanol–water partition coefficient (Wildman–Crippen LogP) is 2.22.